The van der Waals surface area contributed by atoms with Gasteiger partial charge in [-0.05, 0) is 53.9 Å². The van der Waals surface area contributed by atoms with Crippen molar-refractivity contribution in [2.45, 2.75) is 43.6 Å². The molecule has 1 heterocycles. The number of aryl methyl sites for hydroxylation is 1. The third-order valence-electron chi connectivity index (χ3n) is 7.01. The lowest BCUT2D eigenvalue weighted by Crippen LogP contribution is -2.61. The van der Waals surface area contributed by atoms with E-state index in [1.165, 1.54) is 29.2 Å². The number of amides is 3. The molecule has 3 N–H and O–H groups in total. The summed E-state index contributed by atoms with van der Waals surface area (Å²) in [5, 5.41) is 14.7. The molecule has 0 aliphatic carbocycles. The van der Waals surface area contributed by atoms with Crippen LogP contribution in [0.2, 0.25) is 0 Å². The van der Waals surface area contributed by atoms with E-state index in [0.717, 1.165) is 52.5 Å². The molecule has 3 aromatic rings. The molecule has 4 rings (SSSR count). The van der Waals surface area contributed by atoms with Crippen LogP contribution >= 0.6 is 0 Å². The minimum atomic E-state index is -4.97. The van der Waals surface area contributed by atoms with Crippen LogP contribution in [0.1, 0.15) is 34.8 Å². The van der Waals surface area contributed by atoms with Crippen LogP contribution in [0.25, 0.3) is 0 Å². The number of urea groups is 1. The maximum absolute atomic E-state index is 13.7. The molecule has 0 saturated carbocycles. The van der Waals surface area contributed by atoms with Crippen molar-refractivity contribution in [3.05, 3.63) is 89.5 Å². The summed E-state index contributed by atoms with van der Waals surface area (Å²) in [4.78, 5) is 39.1. The van der Waals surface area contributed by atoms with Gasteiger partial charge < -0.3 is 25.4 Å². The molecular weight excluding hydrogens is 617 g/mol. The number of carboxylic acids is 1. The van der Waals surface area contributed by atoms with Gasteiger partial charge in [-0.25, -0.2) is 18.0 Å². The second-order valence-electron chi connectivity index (χ2n) is 10.2. The number of sulfonamides is 1. The molecule has 240 valence electrons. The molecule has 15 heteroatoms. The monoisotopic (exact) mass is 648 g/mol. The number of rotatable bonds is 10. The number of carbonyl (C=O) groups excluding carboxylic acids is 2. The van der Waals surface area contributed by atoms with E-state index in [9.17, 15) is 41.1 Å². The van der Waals surface area contributed by atoms with Crippen molar-refractivity contribution < 1.29 is 45.8 Å². The van der Waals surface area contributed by atoms with Gasteiger partial charge in [0.15, 0.2) is 0 Å². The van der Waals surface area contributed by atoms with Crippen molar-refractivity contribution in [3.8, 4) is 5.75 Å². The van der Waals surface area contributed by atoms with Crippen molar-refractivity contribution in [1.29, 1.82) is 0 Å². The Labute approximate surface area is 257 Å². The normalized spacial score (nSPS) is 15.7. The molecule has 3 aromatic carbocycles. The number of nitrogens with zero attached hydrogens (tertiary/aromatic N) is 2. The summed E-state index contributed by atoms with van der Waals surface area (Å²) in [7, 11) is -4.44. The first-order valence-electron chi connectivity index (χ1n) is 13.9. The molecule has 0 radical (unpaired) electrons. The smallest absolute Gasteiger partial charge is 0.478 e. The quantitative estimate of drug-likeness (QED) is 0.294. The second-order valence-corrected chi connectivity index (χ2v) is 12.1. The number of nitrogens with one attached hydrogen (secondary N) is 2. The summed E-state index contributed by atoms with van der Waals surface area (Å²) in [6, 6.07) is 14.6. The highest BCUT2D eigenvalue weighted by atomic mass is 32.2. The second kappa shape index (κ2) is 14.0. The molecule has 3 amide bonds. The zero-order valence-corrected chi connectivity index (χ0v) is 24.9. The molecule has 1 atom stereocenters. The molecular formula is C30H31F3N4O7S. The fraction of sp³-hybridized carbons (Fsp3) is 0.300. The van der Waals surface area contributed by atoms with E-state index in [4.69, 9.17) is 0 Å². The van der Waals surface area contributed by atoms with Gasteiger partial charge in [0.1, 0.15) is 11.8 Å². The number of ether oxygens (including phenoxy) is 1. The van der Waals surface area contributed by atoms with E-state index in [0.29, 0.717) is 0 Å². The van der Waals surface area contributed by atoms with E-state index in [2.05, 4.69) is 22.3 Å². The van der Waals surface area contributed by atoms with E-state index in [1.54, 1.807) is 0 Å². The van der Waals surface area contributed by atoms with E-state index >= 15 is 0 Å². The van der Waals surface area contributed by atoms with E-state index < -0.39 is 52.6 Å². The van der Waals surface area contributed by atoms with Crippen molar-refractivity contribution in [3.63, 3.8) is 0 Å². The Morgan fingerprint density at radius 1 is 0.956 bits per heavy atom. The van der Waals surface area contributed by atoms with Gasteiger partial charge in [0.2, 0.25) is 15.9 Å². The van der Waals surface area contributed by atoms with Crippen LogP contribution in [0.3, 0.4) is 0 Å². The molecule has 1 fully saturated rings. The lowest BCUT2D eigenvalue weighted by molar-refractivity contribution is -0.274. The largest absolute Gasteiger partial charge is 0.573 e. The average molecular weight is 649 g/mol. The molecule has 1 aliphatic heterocycles. The number of hydrogen-bond acceptors (Lipinski definition) is 6. The lowest BCUT2D eigenvalue weighted by atomic mass is 10.1. The van der Waals surface area contributed by atoms with Gasteiger partial charge >= 0.3 is 18.4 Å². The SMILES string of the molecule is CCCc1ccc(CNC(=O)C2CN(C(=O)Nc3ccccc3C(=O)O)CCN2S(=O)(=O)c2ccc(OC(F)(F)F)cc2)cc1. The maximum Gasteiger partial charge on any atom is 0.573 e. The summed E-state index contributed by atoms with van der Waals surface area (Å²) >= 11 is 0. The van der Waals surface area contributed by atoms with Crippen molar-refractivity contribution >= 4 is 33.6 Å². The van der Waals surface area contributed by atoms with Gasteiger partial charge in [0, 0.05) is 26.2 Å². The highest BCUT2D eigenvalue weighted by molar-refractivity contribution is 7.89. The van der Waals surface area contributed by atoms with Crippen molar-refractivity contribution in [1.82, 2.24) is 14.5 Å². The minimum Gasteiger partial charge on any atom is -0.478 e. The Bertz CT molecular complexity index is 1630. The van der Waals surface area contributed by atoms with Gasteiger partial charge in [-0.1, -0.05) is 49.7 Å². The Morgan fingerprint density at radius 3 is 2.22 bits per heavy atom. The summed E-state index contributed by atoms with van der Waals surface area (Å²) in [5.41, 5.74) is 1.73. The topological polar surface area (TPSA) is 145 Å². The fourth-order valence-corrected chi connectivity index (χ4v) is 6.36. The van der Waals surface area contributed by atoms with E-state index in [1.807, 2.05) is 24.3 Å². The molecule has 0 spiro atoms. The predicted octanol–water partition coefficient (Wildman–Crippen LogP) is 4.46. The fourth-order valence-electron chi connectivity index (χ4n) is 4.79. The van der Waals surface area contributed by atoms with Gasteiger partial charge in [0.25, 0.3) is 0 Å². The summed E-state index contributed by atoms with van der Waals surface area (Å²) in [6.07, 6.45) is -3.12. The third-order valence-corrected chi connectivity index (χ3v) is 8.93. The van der Waals surface area contributed by atoms with Crippen LogP contribution in [0.15, 0.2) is 77.7 Å². The van der Waals surface area contributed by atoms with Crippen LogP contribution in [0.4, 0.5) is 23.7 Å². The van der Waals surface area contributed by atoms with Crippen molar-refractivity contribution in [2.24, 2.45) is 0 Å². The number of alkyl halides is 3. The standard InChI is InChI=1S/C30H31F3N4O7S/c1-2-5-20-8-10-21(11-9-20)18-34-27(38)26-19-36(29(41)35-25-7-4-3-6-24(25)28(39)40)16-17-37(26)45(42,43)23-14-12-22(13-15-23)44-30(31,32)33/h3-4,6-15,26H,2,5,16-19H2,1H3,(H,34,38)(H,35,41)(H,39,40). The Morgan fingerprint density at radius 2 is 1.60 bits per heavy atom. The minimum absolute atomic E-state index is 0.0127. The first kappa shape index (κ1) is 33.3. The van der Waals surface area contributed by atoms with Gasteiger partial charge in [-0.15, -0.1) is 13.2 Å². The number of benzene rings is 3. The molecule has 45 heavy (non-hydrogen) atoms. The van der Waals surface area contributed by atoms with Crippen molar-refractivity contribution in [2.75, 3.05) is 25.0 Å². The molecule has 1 aliphatic rings. The van der Waals surface area contributed by atoms with E-state index in [-0.39, 0.29) is 35.8 Å². The van der Waals surface area contributed by atoms with Gasteiger partial charge in [0.05, 0.1) is 16.1 Å². The highest BCUT2D eigenvalue weighted by Crippen LogP contribution is 2.27. The summed E-state index contributed by atoms with van der Waals surface area (Å²) < 4.78 is 69.8. The number of anilines is 1. The van der Waals surface area contributed by atoms with Crippen LogP contribution in [-0.2, 0) is 27.8 Å². The zero-order valence-electron chi connectivity index (χ0n) is 24.1. The van der Waals surface area contributed by atoms with Crippen LogP contribution < -0.4 is 15.4 Å². The Balaban J connectivity index is 1.57. The number of aromatic carboxylic acids is 1. The number of piperazine rings is 1. The lowest BCUT2D eigenvalue weighted by Gasteiger charge is -2.39. The van der Waals surface area contributed by atoms with Crippen LogP contribution in [-0.4, -0.2) is 72.7 Å². The number of carboxylic acid groups (broad SMARTS) is 1. The maximum atomic E-state index is 13.7. The molecule has 0 aromatic heterocycles. The van der Waals surface area contributed by atoms with Crippen LogP contribution in [0, 0.1) is 0 Å². The Kier molecular flexibility index (Phi) is 10.3. The van der Waals surface area contributed by atoms with Gasteiger partial charge in [-0.3, -0.25) is 4.79 Å². The molecule has 1 unspecified atom stereocenters. The molecule has 1 saturated heterocycles. The number of carbonyl (C=O) groups is 3. The third kappa shape index (κ3) is 8.51. The molecule has 11 nitrogen and oxygen atoms in total. The zero-order chi connectivity index (χ0) is 32.8. The van der Waals surface area contributed by atoms with Gasteiger partial charge in [-0.2, -0.15) is 4.31 Å². The summed E-state index contributed by atoms with van der Waals surface area (Å²) in [5.74, 6) is -2.60. The summed E-state index contributed by atoms with van der Waals surface area (Å²) in [6.45, 7) is 1.23. The predicted molar refractivity (Wildman–Crippen MR) is 157 cm³/mol. The molecule has 0 bridgehead atoms. The number of para-hydroxylation sites is 1. The Hall–Kier alpha value is -4.63. The first-order chi connectivity index (χ1) is 21.3. The first-order valence-corrected chi connectivity index (χ1v) is 15.3. The van der Waals surface area contributed by atoms with Crippen LogP contribution in [0.5, 0.6) is 5.75 Å². The number of hydrogen-bond donors (Lipinski definition) is 3. The highest BCUT2D eigenvalue weighted by Gasteiger charge is 2.41. The number of halogens is 3. The average Bonchev–Trinajstić information content (AvgIpc) is 3.00.